The van der Waals surface area contributed by atoms with Crippen LogP contribution in [0.2, 0.25) is 0 Å². The minimum Gasteiger partial charge on any atom is -0.464 e. The number of piperidine rings is 1. The van der Waals surface area contributed by atoms with Gasteiger partial charge in [0, 0.05) is 98.2 Å². The average molecular weight is 854 g/mol. The van der Waals surface area contributed by atoms with E-state index in [-0.39, 0.29) is 37.1 Å². The van der Waals surface area contributed by atoms with Crippen LogP contribution in [0.4, 0.5) is 10.5 Å². The zero-order valence-corrected chi connectivity index (χ0v) is 37.8. The maximum absolute atomic E-state index is 14.3. The second-order valence-electron chi connectivity index (χ2n) is 18.2. The Balaban J connectivity index is 1.25. The molecule has 0 aliphatic carbocycles. The first kappa shape index (κ1) is 43.1. The number of aryl methyl sites for hydroxylation is 1. The van der Waals surface area contributed by atoms with Crippen LogP contribution < -0.4 is 15.6 Å². The van der Waals surface area contributed by atoms with Gasteiger partial charge in [0.05, 0.1) is 46.7 Å². The van der Waals surface area contributed by atoms with Crippen molar-refractivity contribution in [2.75, 3.05) is 64.9 Å². The largest absolute Gasteiger partial charge is 0.464 e. The number of urea groups is 1. The van der Waals surface area contributed by atoms with E-state index in [1.165, 1.54) is 16.3 Å². The number of piperazine rings is 1. The van der Waals surface area contributed by atoms with Crippen molar-refractivity contribution in [2.24, 2.45) is 5.41 Å². The van der Waals surface area contributed by atoms with Gasteiger partial charge in [0.15, 0.2) is 0 Å². The first-order valence-corrected chi connectivity index (χ1v) is 23.1. The zero-order chi connectivity index (χ0) is 43.0. The highest BCUT2D eigenvalue weighted by Crippen LogP contribution is 2.43. The van der Waals surface area contributed by atoms with E-state index >= 15 is 0 Å². The summed E-state index contributed by atoms with van der Waals surface area (Å²) in [5, 5.41) is 8.49. The third kappa shape index (κ3) is 9.02. The standard InChI is InChI=1S/C46H63N9O5S/c1-8-53-39-15-14-31-22-33(39)35(42(53)34-23-32(26-47-41(34)30(3)59-7)52-20-18-51(6)19-21-52)25-46(4,5)28-60-44(57)36-13-11-17-55(50-36)43(56)37(24-40-48-38(31)27-61-40)49-45(58)54-16-10-9-12-29(54)2/h14-15,22-23,26-27,29-30,36-37,50H,8-13,16-21,24-25,28H2,1-7H3,(H,49,58)/t29-,30-,36-,37-/m0/s1. The van der Waals surface area contributed by atoms with Gasteiger partial charge in [-0.2, -0.15) is 0 Å². The highest BCUT2D eigenvalue weighted by molar-refractivity contribution is 7.10. The number of hydrazine groups is 1. The summed E-state index contributed by atoms with van der Waals surface area (Å²) in [6.45, 7) is 16.4. The molecule has 6 bridgehead atoms. The molecule has 15 heteroatoms. The van der Waals surface area contributed by atoms with E-state index in [9.17, 15) is 14.4 Å². The number of likely N-dealkylation sites (N-methyl/N-ethyl adjacent to an activating group) is 1. The van der Waals surface area contributed by atoms with Crippen molar-refractivity contribution in [3.8, 4) is 22.5 Å². The monoisotopic (exact) mass is 853 g/mol. The number of cyclic esters (lactones) is 1. The second-order valence-corrected chi connectivity index (χ2v) is 19.2. The molecule has 3 amide bonds. The Morgan fingerprint density at radius 3 is 2.64 bits per heavy atom. The van der Waals surface area contributed by atoms with E-state index in [1.807, 2.05) is 23.4 Å². The first-order chi connectivity index (χ1) is 29.3. The van der Waals surface area contributed by atoms with Crippen LogP contribution in [-0.2, 0) is 38.4 Å². The fourth-order valence-corrected chi connectivity index (χ4v) is 10.3. The predicted octanol–water partition coefficient (Wildman–Crippen LogP) is 6.42. The molecule has 0 radical (unpaired) electrons. The molecule has 7 heterocycles. The fraction of sp³-hybridized carbons (Fsp3) is 0.587. The van der Waals surface area contributed by atoms with E-state index in [0.29, 0.717) is 32.4 Å². The van der Waals surface area contributed by atoms with Crippen molar-refractivity contribution in [2.45, 2.75) is 110 Å². The van der Waals surface area contributed by atoms with Crippen molar-refractivity contribution in [3.05, 3.63) is 52.1 Å². The normalized spacial score (nSPS) is 23.5. The molecule has 8 rings (SSSR count). The third-order valence-corrected chi connectivity index (χ3v) is 14.0. The van der Waals surface area contributed by atoms with Gasteiger partial charge in [0.1, 0.15) is 12.1 Å². The number of rotatable bonds is 6. The number of nitrogens with one attached hydrogen (secondary N) is 2. The van der Waals surface area contributed by atoms with Crippen LogP contribution in [0.1, 0.15) is 89.1 Å². The topological polar surface area (TPSA) is 137 Å². The van der Waals surface area contributed by atoms with Crippen molar-refractivity contribution in [1.82, 2.24) is 40.1 Å². The molecule has 1 aromatic carbocycles. The Labute approximate surface area is 363 Å². The molecule has 0 unspecified atom stereocenters. The number of hydrogen-bond acceptors (Lipinski definition) is 11. The maximum atomic E-state index is 14.3. The number of esters is 1. The van der Waals surface area contributed by atoms with E-state index in [1.54, 1.807) is 7.11 Å². The van der Waals surface area contributed by atoms with Gasteiger partial charge in [-0.3, -0.25) is 19.6 Å². The minimum absolute atomic E-state index is 0.0843. The van der Waals surface area contributed by atoms with Gasteiger partial charge < -0.3 is 34.1 Å². The number of pyridine rings is 1. The molecule has 0 spiro atoms. The molecule has 2 N–H and O–H groups in total. The molecule has 61 heavy (non-hydrogen) atoms. The van der Waals surface area contributed by atoms with Gasteiger partial charge in [0.25, 0.3) is 5.91 Å². The number of nitrogens with zero attached hydrogens (tertiary/aromatic N) is 7. The zero-order valence-electron chi connectivity index (χ0n) is 37.0. The molecule has 3 saturated heterocycles. The SMILES string of the molecule is CCn1c(-c2cc(N3CCN(C)CC3)cnc2[C@H](C)OC)c2c3cc(ccc31)-c1csc(n1)C[C@H](NC(=O)N1CCCC[C@@H]1C)C(=O)N1CCC[C@H](N1)C(=O)OCC(C)(C)C2. The van der Waals surface area contributed by atoms with Crippen LogP contribution in [0.15, 0.2) is 35.8 Å². The molecule has 4 atom stereocenters. The van der Waals surface area contributed by atoms with E-state index in [0.717, 1.165) is 107 Å². The van der Waals surface area contributed by atoms with Crippen LogP contribution in [0.5, 0.6) is 0 Å². The van der Waals surface area contributed by atoms with E-state index in [2.05, 4.69) is 84.1 Å². The maximum Gasteiger partial charge on any atom is 0.324 e. The number of ether oxygens (including phenoxy) is 2. The number of likely N-dealkylation sites (tertiary alicyclic amines) is 1. The highest BCUT2D eigenvalue weighted by atomic mass is 32.1. The number of methoxy groups -OCH3 is 1. The number of carbonyl (C=O) groups is 3. The van der Waals surface area contributed by atoms with Crippen LogP contribution in [0.25, 0.3) is 33.4 Å². The molecular weight excluding hydrogens is 791 g/mol. The van der Waals surface area contributed by atoms with Gasteiger partial charge in [-0.15, -0.1) is 11.3 Å². The molecule has 4 aliphatic rings. The Bertz CT molecular complexity index is 2250. The fourth-order valence-electron chi connectivity index (χ4n) is 9.47. The van der Waals surface area contributed by atoms with E-state index < -0.39 is 23.5 Å². The van der Waals surface area contributed by atoms with Crippen molar-refractivity contribution >= 4 is 45.8 Å². The van der Waals surface area contributed by atoms with Gasteiger partial charge >= 0.3 is 12.0 Å². The Morgan fingerprint density at radius 2 is 1.89 bits per heavy atom. The van der Waals surface area contributed by atoms with Crippen LogP contribution in [0, 0.1) is 5.41 Å². The molecule has 4 aromatic rings. The summed E-state index contributed by atoms with van der Waals surface area (Å²) in [5.74, 6) is -0.681. The molecule has 14 nitrogen and oxygen atoms in total. The summed E-state index contributed by atoms with van der Waals surface area (Å²) in [4.78, 5) is 58.9. The number of aromatic nitrogens is 3. The van der Waals surface area contributed by atoms with E-state index in [4.69, 9.17) is 19.4 Å². The molecule has 3 aromatic heterocycles. The van der Waals surface area contributed by atoms with Gasteiger partial charge in [-0.25, -0.2) is 15.2 Å². The predicted molar refractivity (Wildman–Crippen MR) is 239 cm³/mol. The van der Waals surface area contributed by atoms with Gasteiger partial charge in [-0.1, -0.05) is 19.9 Å². The van der Waals surface area contributed by atoms with Gasteiger partial charge in [0.2, 0.25) is 0 Å². The second kappa shape index (κ2) is 18.0. The summed E-state index contributed by atoms with van der Waals surface area (Å²) >= 11 is 1.49. The summed E-state index contributed by atoms with van der Waals surface area (Å²) < 4.78 is 14.5. The summed E-state index contributed by atoms with van der Waals surface area (Å²) in [5.41, 5.74) is 10.8. The molecule has 3 fully saturated rings. The third-order valence-electron chi connectivity index (χ3n) is 13.1. The molecular formula is C46H63N9O5S. The summed E-state index contributed by atoms with van der Waals surface area (Å²) in [6, 6.07) is 7.12. The number of hydrogen-bond donors (Lipinski definition) is 2. The van der Waals surface area contributed by atoms with Gasteiger partial charge in [-0.05, 0) is 90.1 Å². The lowest BCUT2D eigenvalue weighted by Gasteiger charge is -2.37. The van der Waals surface area contributed by atoms with Crippen molar-refractivity contribution in [1.29, 1.82) is 0 Å². The number of thiazole rings is 1. The van der Waals surface area contributed by atoms with Crippen LogP contribution in [-0.4, -0.2) is 125 Å². The number of benzene rings is 1. The Hall–Kier alpha value is -4.57. The lowest BCUT2D eigenvalue weighted by Crippen LogP contribution is -2.61. The lowest BCUT2D eigenvalue weighted by molar-refractivity contribution is -0.155. The van der Waals surface area contributed by atoms with Crippen LogP contribution in [0.3, 0.4) is 0 Å². The Morgan fingerprint density at radius 1 is 1.08 bits per heavy atom. The average Bonchev–Trinajstić information content (AvgIpc) is 3.86. The highest BCUT2D eigenvalue weighted by Gasteiger charge is 2.37. The number of anilines is 1. The summed E-state index contributed by atoms with van der Waals surface area (Å²) in [7, 11) is 3.90. The number of amides is 3. The minimum atomic E-state index is -0.880. The number of carbonyl (C=O) groups excluding carboxylic acids is 3. The summed E-state index contributed by atoms with van der Waals surface area (Å²) in [6.07, 6.45) is 6.68. The quantitative estimate of drug-likeness (QED) is 0.209. The lowest BCUT2D eigenvalue weighted by atomic mass is 9.84. The molecule has 328 valence electrons. The van der Waals surface area contributed by atoms with Crippen LogP contribution >= 0.6 is 11.3 Å². The van der Waals surface area contributed by atoms with Crippen molar-refractivity contribution in [3.63, 3.8) is 0 Å². The smallest absolute Gasteiger partial charge is 0.324 e. The molecule has 4 aliphatic heterocycles. The first-order valence-electron chi connectivity index (χ1n) is 22.2. The van der Waals surface area contributed by atoms with Crippen molar-refractivity contribution < 1.29 is 23.9 Å². The Kier molecular flexibility index (Phi) is 12.7. The molecule has 0 saturated carbocycles. The number of fused-ring (bicyclic) bond motifs is 6.